The van der Waals surface area contributed by atoms with Gasteiger partial charge in [-0.15, -0.1) is 0 Å². The smallest absolute Gasteiger partial charge is 0.00989 e. The monoisotopic (exact) mass is 243 g/mol. The quantitative estimate of drug-likeness (QED) is 0.435. The van der Waals surface area contributed by atoms with Crippen LogP contribution in [-0.4, -0.2) is 0 Å². The van der Waals surface area contributed by atoms with Crippen LogP contribution in [0.3, 0.4) is 0 Å². The van der Waals surface area contributed by atoms with Gasteiger partial charge in [0, 0.05) is 0 Å². The molecule has 0 aliphatic heterocycles. The van der Waals surface area contributed by atoms with E-state index in [-0.39, 0.29) is 0 Å². The summed E-state index contributed by atoms with van der Waals surface area (Å²) in [6.45, 7) is 2.16. The summed E-state index contributed by atoms with van der Waals surface area (Å²) in [6.07, 6.45) is 0. The number of hydrogen-bond acceptors (Lipinski definition) is 0. The maximum absolute atomic E-state index is 2.89. The van der Waals surface area contributed by atoms with Crippen LogP contribution < -0.4 is 0 Å². The lowest BCUT2D eigenvalue weighted by Crippen LogP contribution is -2.00. The van der Waals surface area contributed by atoms with E-state index in [1.165, 1.54) is 27.8 Å². The molecule has 0 bridgehead atoms. The summed E-state index contributed by atoms with van der Waals surface area (Å²) in [5, 5.41) is 0. The van der Waals surface area contributed by atoms with Gasteiger partial charge in [-0.25, -0.2) is 0 Å². The van der Waals surface area contributed by atoms with Crippen molar-refractivity contribution in [1.82, 2.24) is 0 Å². The zero-order valence-corrected chi connectivity index (χ0v) is 10.9. The van der Waals surface area contributed by atoms with E-state index < -0.39 is 0 Å². The second-order valence-corrected chi connectivity index (χ2v) is 4.66. The van der Waals surface area contributed by atoms with Crippen molar-refractivity contribution in [3.8, 4) is 22.3 Å². The van der Waals surface area contributed by atoms with E-state index in [0.29, 0.717) is 0 Å². The molecular weight excluding hydrogens is 228 g/mol. The average molecular weight is 243 g/mol. The third kappa shape index (κ3) is 2.30. The molecule has 0 atom stereocenters. The maximum Gasteiger partial charge on any atom is -0.00989 e. The van der Waals surface area contributed by atoms with Crippen LogP contribution in [0.2, 0.25) is 0 Å². The Morgan fingerprint density at radius 2 is 1.37 bits per heavy atom. The van der Waals surface area contributed by atoms with E-state index in [0.717, 1.165) is 0 Å². The number of rotatable bonds is 1. The fraction of sp³-hybridized carbons (Fsp3) is 0.0526. The Balaban J connectivity index is 0.000000155. The summed E-state index contributed by atoms with van der Waals surface area (Å²) in [7, 11) is 0. The number of fused-ring (bicyclic) bond motifs is 1. The number of benzene rings is 3. The molecule has 2 aliphatic rings. The van der Waals surface area contributed by atoms with Gasteiger partial charge in [0.25, 0.3) is 0 Å². The summed E-state index contributed by atoms with van der Waals surface area (Å²) in [5.41, 5.74) is 7.07. The minimum absolute atomic E-state index is 1.34. The van der Waals surface area contributed by atoms with Crippen molar-refractivity contribution in [2.75, 3.05) is 0 Å². The van der Waals surface area contributed by atoms with Gasteiger partial charge >= 0.3 is 0 Å². The summed E-state index contributed by atoms with van der Waals surface area (Å²) in [4.78, 5) is 0. The SMILES string of the molecule is Cc1cc2c(-c3ccccc3)cc1-2.[c]1ccccc1. The molecule has 0 fully saturated rings. The van der Waals surface area contributed by atoms with Crippen molar-refractivity contribution in [3.05, 3.63) is 84.4 Å². The van der Waals surface area contributed by atoms with Crippen LogP contribution in [0.4, 0.5) is 0 Å². The van der Waals surface area contributed by atoms with Crippen LogP contribution in [0.1, 0.15) is 5.56 Å². The molecule has 0 unspecified atom stereocenters. The van der Waals surface area contributed by atoms with E-state index >= 15 is 0 Å². The molecule has 2 aliphatic carbocycles. The molecule has 0 N–H and O–H groups in total. The third-order valence-corrected chi connectivity index (χ3v) is 3.35. The highest BCUT2D eigenvalue weighted by atomic mass is 14.2. The Morgan fingerprint density at radius 1 is 0.684 bits per heavy atom. The Kier molecular flexibility index (Phi) is 3.16. The van der Waals surface area contributed by atoms with Gasteiger partial charge in [-0.2, -0.15) is 0 Å². The van der Waals surface area contributed by atoms with Crippen molar-refractivity contribution in [2.45, 2.75) is 6.92 Å². The fourth-order valence-corrected chi connectivity index (χ4v) is 2.26. The van der Waals surface area contributed by atoms with E-state index in [1.54, 1.807) is 0 Å². The van der Waals surface area contributed by atoms with Crippen LogP contribution in [0.15, 0.2) is 72.8 Å². The van der Waals surface area contributed by atoms with Gasteiger partial charge in [0.1, 0.15) is 0 Å². The largest absolute Gasteiger partial charge is 0.0622 e. The predicted octanol–water partition coefficient (Wildman–Crippen LogP) is 5.13. The molecule has 0 heterocycles. The molecule has 0 saturated heterocycles. The first kappa shape index (κ1) is 11.7. The zero-order chi connectivity index (χ0) is 13.1. The summed E-state index contributed by atoms with van der Waals surface area (Å²) in [5.74, 6) is 0. The van der Waals surface area contributed by atoms with Gasteiger partial charge in [-0.1, -0.05) is 66.7 Å². The minimum atomic E-state index is 1.34. The van der Waals surface area contributed by atoms with Crippen LogP contribution in [0.25, 0.3) is 22.3 Å². The van der Waals surface area contributed by atoms with Crippen molar-refractivity contribution in [3.63, 3.8) is 0 Å². The molecule has 0 spiro atoms. The van der Waals surface area contributed by atoms with E-state index in [4.69, 9.17) is 0 Å². The normalized spacial score (nSPS) is 10.4. The van der Waals surface area contributed by atoms with Crippen LogP contribution in [0, 0.1) is 13.0 Å². The second kappa shape index (κ2) is 5.11. The Hall–Kier alpha value is -2.34. The summed E-state index contributed by atoms with van der Waals surface area (Å²) >= 11 is 0. The maximum atomic E-state index is 2.89. The molecule has 4 rings (SSSR count). The van der Waals surface area contributed by atoms with Crippen molar-refractivity contribution < 1.29 is 0 Å². The van der Waals surface area contributed by atoms with Gasteiger partial charge in [-0.3, -0.25) is 0 Å². The highest BCUT2D eigenvalue weighted by Crippen LogP contribution is 2.46. The van der Waals surface area contributed by atoms with Gasteiger partial charge < -0.3 is 0 Å². The summed E-state index contributed by atoms with van der Waals surface area (Å²) in [6, 6.07) is 27.6. The molecule has 1 radical (unpaired) electrons. The van der Waals surface area contributed by atoms with Gasteiger partial charge in [-0.05, 0) is 46.9 Å². The molecule has 0 heteroatoms. The molecule has 2 aromatic carbocycles. The fourth-order valence-electron chi connectivity index (χ4n) is 2.26. The lowest BCUT2D eigenvalue weighted by atomic mass is 9.79. The minimum Gasteiger partial charge on any atom is -0.0622 e. The highest BCUT2D eigenvalue weighted by Gasteiger charge is 2.20. The van der Waals surface area contributed by atoms with Crippen LogP contribution >= 0.6 is 0 Å². The second-order valence-electron chi connectivity index (χ2n) is 4.66. The lowest BCUT2D eigenvalue weighted by Gasteiger charge is -2.25. The number of hydrogen-bond donors (Lipinski definition) is 0. The van der Waals surface area contributed by atoms with E-state index in [1.807, 2.05) is 30.3 Å². The predicted molar refractivity (Wildman–Crippen MR) is 80.9 cm³/mol. The molecule has 0 nitrogen and oxygen atoms in total. The summed E-state index contributed by atoms with van der Waals surface area (Å²) < 4.78 is 0. The molecule has 2 aromatic rings. The first-order valence-electron chi connectivity index (χ1n) is 6.48. The van der Waals surface area contributed by atoms with Gasteiger partial charge in [0.2, 0.25) is 0 Å². The van der Waals surface area contributed by atoms with E-state index in [9.17, 15) is 0 Å². The van der Waals surface area contributed by atoms with Crippen LogP contribution in [-0.2, 0) is 0 Å². The van der Waals surface area contributed by atoms with Crippen molar-refractivity contribution in [1.29, 1.82) is 0 Å². The van der Waals surface area contributed by atoms with E-state index in [2.05, 4.69) is 55.5 Å². The van der Waals surface area contributed by atoms with Crippen molar-refractivity contribution >= 4 is 0 Å². The van der Waals surface area contributed by atoms with Crippen molar-refractivity contribution in [2.24, 2.45) is 0 Å². The Labute approximate surface area is 114 Å². The molecule has 0 aromatic heterocycles. The average Bonchev–Trinajstić information content (AvgIpc) is 2.48. The highest BCUT2D eigenvalue weighted by molar-refractivity contribution is 5.97. The Bertz CT molecular complexity index is 640. The molecule has 19 heavy (non-hydrogen) atoms. The third-order valence-electron chi connectivity index (χ3n) is 3.35. The Morgan fingerprint density at radius 3 is 1.79 bits per heavy atom. The van der Waals surface area contributed by atoms with Gasteiger partial charge in [0.05, 0.1) is 0 Å². The van der Waals surface area contributed by atoms with Gasteiger partial charge in [0.15, 0.2) is 0 Å². The molecule has 0 saturated carbocycles. The first-order chi connectivity index (χ1) is 9.36. The zero-order valence-electron chi connectivity index (χ0n) is 10.9. The molecule has 91 valence electrons. The molecular formula is C19H15. The first-order valence-corrected chi connectivity index (χ1v) is 6.48. The number of aryl methyl sites for hydroxylation is 1. The van der Waals surface area contributed by atoms with Crippen LogP contribution in [0.5, 0.6) is 0 Å². The standard InChI is InChI=1S/C13H10.C6H5/c1-9-7-13-11(9)8-12(13)10-5-3-2-4-6-10;1-2-4-6-5-3-1/h2-8H,1H3;1-5H. The molecule has 0 amide bonds. The topological polar surface area (TPSA) is 0 Å². The lowest BCUT2D eigenvalue weighted by molar-refractivity contribution is 1.38.